The molecule has 120 valence electrons. The van der Waals surface area contributed by atoms with Crippen molar-refractivity contribution in [3.05, 3.63) is 65.7 Å². The standard InChI is InChI=1S/C20H23NO2/c1-2-8-16(15-9-4-3-5-10-15)20(22)21-18-13-14-23-19-12-7-6-11-17(18)19/h3-7,9-12,16,18H,2,8,13-14H2,1H3,(H,21,22)/t16-,18+/m1/s1. The first-order valence-corrected chi connectivity index (χ1v) is 8.36. The number of hydrogen-bond donors (Lipinski definition) is 1. The zero-order valence-electron chi connectivity index (χ0n) is 13.5. The van der Waals surface area contributed by atoms with Gasteiger partial charge in [0.1, 0.15) is 5.75 Å². The first-order chi connectivity index (χ1) is 11.3. The van der Waals surface area contributed by atoms with Gasteiger partial charge in [0.25, 0.3) is 0 Å². The highest BCUT2D eigenvalue weighted by atomic mass is 16.5. The van der Waals surface area contributed by atoms with E-state index < -0.39 is 0 Å². The maximum atomic E-state index is 12.9. The summed E-state index contributed by atoms with van der Waals surface area (Å²) >= 11 is 0. The number of hydrogen-bond acceptors (Lipinski definition) is 2. The average molecular weight is 309 g/mol. The molecule has 0 aromatic heterocycles. The summed E-state index contributed by atoms with van der Waals surface area (Å²) in [5, 5.41) is 3.24. The molecular formula is C20H23NO2. The van der Waals surface area contributed by atoms with Gasteiger partial charge in [-0.3, -0.25) is 4.79 Å². The van der Waals surface area contributed by atoms with Gasteiger partial charge in [0.15, 0.2) is 0 Å². The molecule has 0 aliphatic carbocycles. The van der Waals surface area contributed by atoms with Crippen LogP contribution in [0.2, 0.25) is 0 Å². The van der Waals surface area contributed by atoms with Crippen LogP contribution in [0.4, 0.5) is 0 Å². The van der Waals surface area contributed by atoms with Gasteiger partial charge in [-0.1, -0.05) is 61.9 Å². The average Bonchev–Trinajstić information content (AvgIpc) is 2.60. The minimum atomic E-state index is -0.0868. The molecule has 0 unspecified atom stereocenters. The van der Waals surface area contributed by atoms with E-state index in [9.17, 15) is 4.79 Å². The molecule has 1 aliphatic heterocycles. The monoisotopic (exact) mass is 309 g/mol. The second kappa shape index (κ2) is 7.32. The minimum Gasteiger partial charge on any atom is -0.493 e. The molecule has 0 saturated carbocycles. The minimum absolute atomic E-state index is 0.0375. The number of para-hydroxylation sites is 1. The molecule has 3 rings (SSSR count). The van der Waals surface area contributed by atoms with Gasteiger partial charge in [-0.15, -0.1) is 0 Å². The third-order valence-electron chi connectivity index (χ3n) is 4.37. The summed E-state index contributed by atoms with van der Waals surface area (Å²) in [5.74, 6) is 0.909. The zero-order chi connectivity index (χ0) is 16.1. The van der Waals surface area contributed by atoms with Crippen molar-refractivity contribution in [2.45, 2.75) is 38.1 Å². The Hall–Kier alpha value is -2.29. The van der Waals surface area contributed by atoms with Crippen LogP contribution in [0.1, 0.15) is 49.3 Å². The van der Waals surface area contributed by atoms with Gasteiger partial charge in [-0.05, 0) is 18.1 Å². The lowest BCUT2D eigenvalue weighted by Gasteiger charge is -2.28. The van der Waals surface area contributed by atoms with E-state index in [4.69, 9.17) is 4.74 Å². The van der Waals surface area contributed by atoms with E-state index in [-0.39, 0.29) is 17.9 Å². The van der Waals surface area contributed by atoms with Crippen LogP contribution in [0.15, 0.2) is 54.6 Å². The van der Waals surface area contributed by atoms with Gasteiger partial charge >= 0.3 is 0 Å². The molecule has 2 atom stereocenters. The number of carbonyl (C=O) groups excluding carboxylic acids is 1. The van der Waals surface area contributed by atoms with E-state index in [1.54, 1.807) is 0 Å². The number of nitrogens with one attached hydrogen (secondary N) is 1. The van der Waals surface area contributed by atoms with Crippen LogP contribution < -0.4 is 10.1 Å². The summed E-state index contributed by atoms with van der Waals surface area (Å²) in [5.41, 5.74) is 2.17. The lowest BCUT2D eigenvalue weighted by atomic mass is 9.92. The largest absolute Gasteiger partial charge is 0.493 e. The summed E-state index contributed by atoms with van der Waals surface area (Å²) in [4.78, 5) is 12.9. The first-order valence-electron chi connectivity index (χ1n) is 8.36. The molecular weight excluding hydrogens is 286 g/mol. The van der Waals surface area contributed by atoms with Gasteiger partial charge in [0, 0.05) is 12.0 Å². The van der Waals surface area contributed by atoms with Crippen LogP contribution in [0.5, 0.6) is 5.75 Å². The Kier molecular flexibility index (Phi) is 4.96. The van der Waals surface area contributed by atoms with Crippen LogP contribution in [0.25, 0.3) is 0 Å². The van der Waals surface area contributed by atoms with E-state index >= 15 is 0 Å². The Morgan fingerprint density at radius 1 is 1.17 bits per heavy atom. The number of carbonyl (C=O) groups is 1. The van der Waals surface area contributed by atoms with Crippen molar-refractivity contribution >= 4 is 5.91 Å². The van der Waals surface area contributed by atoms with Crippen LogP contribution >= 0.6 is 0 Å². The van der Waals surface area contributed by atoms with Crippen LogP contribution in [-0.2, 0) is 4.79 Å². The van der Waals surface area contributed by atoms with Gasteiger partial charge in [-0.2, -0.15) is 0 Å². The summed E-state index contributed by atoms with van der Waals surface area (Å²) in [6.07, 6.45) is 2.66. The Bertz CT molecular complexity index is 654. The van der Waals surface area contributed by atoms with Crippen molar-refractivity contribution in [1.82, 2.24) is 5.32 Å². The Morgan fingerprint density at radius 3 is 2.70 bits per heavy atom. The highest BCUT2D eigenvalue weighted by Crippen LogP contribution is 2.32. The molecule has 3 heteroatoms. The van der Waals surface area contributed by atoms with E-state index in [2.05, 4.69) is 12.2 Å². The van der Waals surface area contributed by atoms with Gasteiger partial charge in [-0.25, -0.2) is 0 Å². The third kappa shape index (κ3) is 3.55. The van der Waals surface area contributed by atoms with Crippen molar-refractivity contribution < 1.29 is 9.53 Å². The molecule has 1 amide bonds. The van der Waals surface area contributed by atoms with Crippen molar-refractivity contribution in [2.24, 2.45) is 0 Å². The number of benzene rings is 2. The van der Waals surface area contributed by atoms with Crippen LogP contribution in [-0.4, -0.2) is 12.5 Å². The smallest absolute Gasteiger partial charge is 0.228 e. The SMILES string of the molecule is CCC[C@@H](C(=O)N[C@H]1CCOc2ccccc21)c1ccccc1. The lowest BCUT2D eigenvalue weighted by Crippen LogP contribution is -2.35. The van der Waals surface area contributed by atoms with Gasteiger partial charge in [0.2, 0.25) is 5.91 Å². The molecule has 0 saturated heterocycles. The summed E-state index contributed by atoms with van der Waals surface area (Å²) in [7, 11) is 0. The fraction of sp³-hybridized carbons (Fsp3) is 0.350. The molecule has 1 aliphatic rings. The van der Waals surface area contributed by atoms with E-state index in [1.807, 2.05) is 54.6 Å². The molecule has 1 heterocycles. The molecule has 3 nitrogen and oxygen atoms in total. The number of amides is 1. The normalized spacial score (nSPS) is 17.7. The Morgan fingerprint density at radius 2 is 1.91 bits per heavy atom. The Balaban J connectivity index is 1.78. The second-order valence-corrected chi connectivity index (χ2v) is 5.99. The summed E-state index contributed by atoms with van der Waals surface area (Å²) < 4.78 is 5.68. The number of fused-ring (bicyclic) bond motifs is 1. The predicted molar refractivity (Wildman–Crippen MR) is 91.5 cm³/mol. The molecule has 2 aromatic rings. The summed E-state index contributed by atoms with van der Waals surface area (Å²) in [6.45, 7) is 2.76. The zero-order valence-corrected chi connectivity index (χ0v) is 13.5. The highest BCUT2D eigenvalue weighted by molar-refractivity contribution is 5.84. The summed E-state index contributed by atoms with van der Waals surface area (Å²) in [6, 6.07) is 18.1. The molecule has 1 N–H and O–H groups in total. The predicted octanol–water partition coefficient (Wildman–Crippen LogP) is 4.21. The molecule has 0 spiro atoms. The second-order valence-electron chi connectivity index (χ2n) is 5.99. The van der Waals surface area contributed by atoms with Crippen LogP contribution in [0.3, 0.4) is 0 Å². The van der Waals surface area contributed by atoms with Gasteiger partial charge < -0.3 is 10.1 Å². The van der Waals surface area contributed by atoms with E-state index in [0.717, 1.165) is 36.1 Å². The molecule has 0 radical (unpaired) electrons. The first kappa shape index (κ1) is 15.6. The van der Waals surface area contributed by atoms with Crippen LogP contribution in [0, 0.1) is 0 Å². The fourth-order valence-electron chi connectivity index (χ4n) is 3.19. The van der Waals surface area contributed by atoms with Crippen molar-refractivity contribution in [3.63, 3.8) is 0 Å². The number of ether oxygens (including phenoxy) is 1. The topological polar surface area (TPSA) is 38.3 Å². The fourth-order valence-corrected chi connectivity index (χ4v) is 3.19. The maximum absolute atomic E-state index is 12.9. The lowest BCUT2D eigenvalue weighted by molar-refractivity contribution is -0.123. The van der Waals surface area contributed by atoms with Crippen molar-refractivity contribution in [3.8, 4) is 5.75 Å². The molecule has 0 bridgehead atoms. The Labute approximate surface area is 137 Å². The molecule has 2 aromatic carbocycles. The van der Waals surface area contributed by atoms with Crippen molar-refractivity contribution in [1.29, 1.82) is 0 Å². The molecule has 0 fully saturated rings. The number of rotatable bonds is 5. The maximum Gasteiger partial charge on any atom is 0.228 e. The van der Waals surface area contributed by atoms with Gasteiger partial charge in [0.05, 0.1) is 18.6 Å². The van der Waals surface area contributed by atoms with E-state index in [0.29, 0.717) is 6.61 Å². The van der Waals surface area contributed by atoms with E-state index in [1.165, 1.54) is 0 Å². The van der Waals surface area contributed by atoms with Crippen molar-refractivity contribution in [2.75, 3.05) is 6.61 Å². The molecule has 23 heavy (non-hydrogen) atoms. The third-order valence-corrected chi connectivity index (χ3v) is 4.37. The quantitative estimate of drug-likeness (QED) is 0.898. The highest BCUT2D eigenvalue weighted by Gasteiger charge is 2.26.